The van der Waals surface area contributed by atoms with Crippen molar-refractivity contribution >= 4 is 20.0 Å². The molecule has 1 N–H and O–H groups in total. The number of rotatable bonds is 2. The first kappa shape index (κ1) is 8.25. The lowest BCUT2D eigenvalue weighted by atomic mass is 10.4. The van der Waals surface area contributed by atoms with Gasteiger partial charge >= 0.3 is 0 Å². The summed E-state index contributed by atoms with van der Waals surface area (Å²) in [5.74, 6) is 0.985. The molecule has 3 heteroatoms. The van der Waals surface area contributed by atoms with E-state index >= 15 is 0 Å². The van der Waals surface area contributed by atoms with Crippen LogP contribution in [0.1, 0.15) is 5.82 Å². The Hall–Kier alpha value is -1.35. The van der Waals surface area contributed by atoms with Gasteiger partial charge < -0.3 is 4.98 Å². The zero-order chi connectivity index (χ0) is 9.10. The van der Waals surface area contributed by atoms with Crippen molar-refractivity contribution in [2.24, 2.45) is 0 Å². The minimum absolute atomic E-state index is 0.680. The number of hydrogen-bond donors (Lipinski definition) is 1. The number of benzene rings is 1. The van der Waals surface area contributed by atoms with Crippen LogP contribution in [0.2, 0.25) is 0 Å². The Morgan fingerprint density at radius 3 is 2.62 bits per heavy atom. The van der Waals surface area contributed by atoms with E-state index in [0.717, 1.165) is 5.82 Å². The fraction of sp³-hybridized carbons (Fsp3) is 0.100. The molecule has 0 saturated carbocycles. The molecule has 0 bridgehead atoms. The van der Waals surface area contributed by atoms with Crippen LogP contribution in [-0.2, 0) is 0 Å². The maximum absolute atomic E-state index is 4.16. The summed E-state index contributed by atoms with van der Waals surface area (Å²) < 4.78 is 0. The van der Waals surface area contributed by atoms with Crippen LogP contribution in [0.3, 0.4) is 0 Å². The van der Waals surface area contributed by atoms with Crippen molar-refractivity contribution in [1.82, 2.24) is 9.97 Å². The topological polar surface area (TPSA) is 28.7 Å². The summed E-state index contributed by atoms with van der Waals surface area (Å²) in [5.41, 5.74) is 0. The first-order valence-electron chi connectivity index (χ1n) is 4.18. The van der Waals surface area contributed by atoms with Gasteiger partial charge in [-0.15, -0.1) is 0 Å². The number of aryl methyl sites for hydroxylation is 1. The molecule has 2 nitrogen and oxygen atoms in total. The normalized spacial score (nSPS) is 10.2. The molecule has 0 atom stereocenters. The highest BCUT2D eigenvalue weighted by Crippen LogP contribution is 1.83. The van der Waals surface area contributed by atoms with Crippen LogP contribution in [0.4, 0.5) is 0 Å². The maximum Gasteiger partial charge on any atom is 0.146 e. The van der Waals surface area contributed by atoms with E-state index in [2.05, 4.69) is 34.2 Å². The number of nitrogens with zero attached hydrogens (tertiary/aromatic N) is 1. The van der Waals surface area contributed by atoms with Gasteiger partial charge in [-0.1, -0.05) is 35.5 Å². The van der Waals surface area contributed by atoms with Gasteiger partial charge in [-0.25, -0.2) is 4.98 Å². The molecule has 1 aromatic carbocycles. The molecular weight excluding hydrogens is 176 g/mol. The summed E-state index contributed by atoms with van der Waals surface area (Å²) in [7, 11) is 0.680. The Kier molecular flexibility index (Phi) is 2.27. The lowest BCUT2D eigenvalue weighted by molar-refractivity contribution is 1.16. The van der Waals surface area contributed by atoms with E-state index in [1.165, 1.54) is 10.5 Å². The van der Waals surface area contributed by atoms with Crippen LogP contribution >= 0.6 is 0 Å². The van der Waals surface area contributed by atoms with Gasteiger partial charge in [0.25, 0.3) is 0 Å². The van der Waals surface area contributed by atoms with Gasteiger partial charge in [-0.2, -0.15) is 0 Å². The highest BCUT2D eigenvalue weighted by atomic mass is 28.2. The second-order valence-corrected chi connectivity index (χ2v) is 4.24. The monoisotopic (exact) mass is 186 g/mol. The fourth-order valence-corrected chi connectivity index (χ4v) is 2.20. The Balaban J connectivity index is 2.15. The standard InChI is InChI=1S/C10H10N2Si/c1-8-11-7-10(12-8)13-9-5-3-2-4-6-9/h2-7H,1H3,(H,11,12). The molecule has 0 saturated heterocycles. The lowest BCUT2D eigenvalue weighted by Crippen LogP contribution is -2.27. The van der Waals surface area contributed by atoms with Gasteiger partial charge in [-0.05, 0) is 6.92 Å². The number of nitrogens with one attached hydrogen (secondary N) is 1. The smallest absolute Gasteiger partial charge is 0.146 e. The molecule has 0 spiro atoms. The van der Waals surface area contributed by atoms with Crippen molar-refractivity contribution in [3.63, 3.8) is 0 Å². The molecule has 13 heavy (non-hydrogen) atoms. The quantitative estimate of drug-likeness (QED) is 0.675. The average molecular weight is 186 g/mol. The largest absolute Gasteiger partial charge is 0.350 e. The third-order valence-electron chi connectivity index (χ3n) is 1.76. The molecule has 1 aromatic heterocycles. The Bertz CT molecular complexity index is 381. The van der Waals surface area contributed by atoms with E-state index < -0.39 is 0 Å². The van der Waals surface area contributed by atoms with Gasteiger partial charge in [0, 0.05) is 11.5 Å². The molecule has 0 aliphatic heterocycles. The van der Waals surface area contributed by atoms with Crippen molar-refractivity contribution in [3.05, 3.63) is 42.4 Å². The summed E-state index contributed by atoms with van der Waals surface area (Å²) in [6, 6.07) is 10.4. The third kappa shape index (κ3) is 2.06. The molecule has 0 aliphatic rings. The van der Waals surface area contributed by atoms with Crippen LogP contribution in [0.15, 0.2) is 36.5 Å². The Morgan fingerprint density at radius 2 is 2.00 bits per heavy atom. The second-order valence-electron chi connectivity index (χ2n) is 2.87. The summed E-state index contributed by atoms with van der Waals surface area (Å²) >= 11 is 0. The number of H-pyrrole nitrogens is 1. The first-order chi connectivity index (χ1) is 6.34. The number of aromatic nitrogens is 2. The molecule has 0 unspecified atom stereocenters. The molecule has 0 amide bonds. The summed E-state index contributed by atoms with van der Waals surface area (Å²) in [6.45, 7) is 1.97. The van der Waals surface area contributed by atoms with Gasteiger partial charge in [0.1, 0.15) is 15.3 Å². The molecule has 0 fully saturated rings. The van der Waals surface area contributed by atoms with E-state index in [9.17, 15) is 0 Å². The molecule has 2 aromatic rings. The minimum atomic E-state index is 0.680. The number of hydrogen-bond acceptors (Lipinski definition) is 1. The first-order valence-corrected chi connectivity index (χ1v) is 5.18. The van der Waals surface area contributed by atoms with E-state index in [0.29, 0.717) is 9.52 Å². The molecule has 2 radical (unpaired) electrons. The van der Waals surface area contributed by atoms with Crippen LogP contribution < -0.4 is 10.5 Å². The van der Waals surface area contributed by atoms with Gasteiger partial charge in [0.15, 0.2) is 0 Å². The van der Waals surface area contributed by atoms with Gasteiger partial charge in [-0.3, -0.25) is 0 Å². The zero-order valence-corrected chi connectivity index (χ0v) is 8.41. The van der Waals surface area contributed by atoms with Crippen molar-refractivity contribution < 1.29 is 0 Å². The predicted octanol–water partition coefficient (Wildman–Crippen LogP) is 0.373. The number of aromatic amines is 1. The summed E-state index contributed by atoms with van der Waals surface area (Å²) in [4.78, 5) is 7.39. The molecule has 0 aliphatic carbocycles. The lowest BCUT2D eigenvalue weighted by Gasteiger charge is -1.94. The average Bonchev–Trinajstić information content (AvgIpc) is 2.53. The van der Waals surface area contributed by atoms with E-state index in [1.807, 2.05) is 19.2 Å². The predicted molar refractivity (Wildman–Crippen MR) is 54.8 cm³/mol. The van der Waals surface area contributed by atoms with Crippen molar-refractivity contribution in [2.75, 3.05) is 0 Å². The second kappa shape index (κ2) is 3.58. The summed E-state index contributed by atoms with van der Waals surface area (Å²) in [6.07, 6.45) is 1.90. The molecule has 1 heterocycles. The highest BCUT2D eigenvalue weighted by Gasteiger charge is 1.99. The third-order valence-corrected chi connectivity index (χ3v) is 2.90. The van der Waals surface area contributed by atoms with Crippen molar-refractivity contribution in [3.8, 4) is 0 Å². The van der Waals surface area contributed by atoms with Crippen LogP contribution in [0.25, 0.3) is 0 Å². The van der Waals surface area contributed by atoms with Crippen LogP contribution in [-0.4, -0.2) is 19.5 Å². The van der Waals surface area contributed by atoms with E-state index in [4.69, 9.17) is 0 Å². The molecular formula is C10H10N2Si. The van der Waals surface area contributed by atoms with Gasteiger partial charge in [0.2, 0.25) is 0 Å². The van der Waals surface area contributed by atoms with E-state index in [1.54, 1.807) is 0 Å². The van der Waals surface area contributed by atoms with E-state index in [-0.39, 0.29) is 0 Å². The molecule has 64 valence electrons. The highest BCUT2D eigenvalue weighted by molar-refractivity contribution is 6.66. The maximum atomic E-state index is 4.16. The Labute approximate surface area is 79.9 Å². The van der Waals surface area contributed by atoms with Crippen LogP contribution in [0, 0.1) is 6.92 Å². The zero-order valence-electron chi connectivity index (χ0n) is 7.41. The fourth-order valence-electron chi connectivity index (χ4n) is 1.16. The SMILES string of the molecule is Cc1ncc([Si]c2ccccc2)[nH]1. The van der Waals surface area contributed by atoms with Crippen LogP contribution in [0.5, 0.6) is 0 Å². The van der Waals surface area contributed by atoms with Gasteiger partial charge in [0.05, 0.1) is 0 Å². The number of imidazole rings is 1. The minimum Gasteiger partial charge on any atom is -0.350 e. The summed E-state index contributed by atoms with van der Waals surface area (Å²) in [5, 5.41) is 2.54. The Morgan fingerprint density at radius 1 is 1.23 bits per heavy atom. The van der Waals surface area contributed by atoms with Crippen molar-refractivity contribution in [1.29, 1.82) is 0 Å². The molecule has 2 rings (SSSR count). The van der Waals surface area contributed by atoms with Crippen molar-refractivity contribution in [2.45, 2.75) is 6.92 Å².